The first-order valence-corrected chi connectivity index (χ1v) is 6.09. The Morgan fingerprint density at radius 1 is 1.30 bits per heavy atom. The molecular weight excluding hydrogens is 280 g/mol. The largest absolute Gasteiger partial charge is 0.478 e. The number of carboxylic acid groups (broad SMARTS) is 1. The molecule has 1 heterocycles. The number of aromatic carboxylic acids is 1. The number of benzene rings is 1. The van der Waals surface area contributed by atoms with Crippen molar-refractivity contribution in [1.82, 2.24) is 4.98 Å². The van der Waals surface area contributed by atoms with E-state index in [-0.39, 0.29) is 17.2 Å². The van der Waals surface area contributed by atoms with Crippen LogP contribution in [0.15, 0.2) is 42.7 Å². The molecule has 0 aliphatic rings. The van der Waals surface area contributed by atoms with Crippen LogP contribution in [-0.4, -0.2) is 29.0 Å². The number of hydrogen-bond acceptors (Lipinski definition) is 3. The van der Waals surface area contributed by atoms with Crippen LogP contribution >= 0.6 is 11.6 Å². The van der Waals surface area contributed by atoms with Crippen LogP contribution in [0.3, 0.4) is 0 Å². The van der Waals surface area contributed by atoms with E-state index < -0.39 is 5.97 Å². The summed E-state index contributed by atoms with van der Waals surface area (Å²) in [6, 6.07) is 7.60. The number of anilines is 1. The van der Waals surface area contributed by atoms with Crippen molar-refractivity contribution in [3.05, 3.63) is 58.9 Å². The molecule has 1 amide bonds. The molecule has 2 rings (SSSR count). The third kappa shape index (κ3) is 2.78. The summed E-state index contributed by atoms with van der Waals surface area (Å²) in [5, 5.41) is 9.48. The molecule has 0 unspecified atom stereocenters. The molecule has 0 aliphatic carbocycles. The predicted octanol–water partition coefficient (Wildman–Crippen LogP) is 2.71. The maximum Gasteiger partial charge on any atom is 0.337 e. The number of carbonyl (C=O) groups is 2. The Morgan fingerprint density at radius 3 is 2.65 bits per heavy atom. The summed E-state index contributed by atoms with van der Waals surface area (Å²) in [4.78, 5) is 28.6. The van der Waals surface area contributed by atoms with Crippen molar-refractivity contribution < 1.29 is 14.7 Å². The van der Waals surface area contributed by atoms with Gasteiger partial charge in [0.2, 0.25) is 0 Å². The number of hydrogen-bond donors (Lipinski definition) is 1. The van der Waals surface area contributed by atoms with Crippen molar-refractivity contribution in [2.45, 2.75) is 0 Å². The topological polar surface area (TPSA) is 70.5 Å². The number of nitrogens with zero attached hydrogens (tertiary/aromatic N) is 2. The van der Waals surface area contributed by atoms with Crippen LogP contribution < -0.4 is 4.90 Å². The number of halogens is 1. The van der Waals surface area contributed by atoms with Gasteiger partial charge in [0.1, 0.15) is 0 Å². The van der Waals surface area contributed by atoms with Gasteiger partial charge < -0.3 is 10.0 Å². The third-order valence-electron chi connectivity index (χ3n) is 2.76. The van der Waals surface area contributed by atoms with Gasteiger partial charge in [0.05, 0.1) is 16.8 Å². The zero-order chi connectivity index (χ0) is 14.7. The normalized spacial score (nSPS) is 10.1. The van der Waals surface area contributed by atoms with Crippen molar-refractivity contribution in [3.63, 3.8) is 0 Å². The molecule has 0 aliphatic heterocycles. The molecule has 1 aromatic heterocycles. The quantitative estimate of drug-likeness (QED) is 0.943. The first-order valence-electron chi connectivity index (χ1n) is 5.71. The van der Waals surface area contributed by atoms with Crippen LogP contribution in [0.4, 0.5) is 5.69 Å². The average Bonchev–Trinajstić information content (AvgIpc) is 2.46. The van der Waals surface area contributed by atoms with Crippen LogP contribution in [0.5, 0.6) is 0 Å². The highest BCUT2D eigenvalue weighted by Gasteiger charge is 2.19. The molecule has 6 heteroatoms. The second-order valence-corrected chi connectivity index (χ2v) is 4.51. The van der Waals surface area contributed by atoms with E-state index in [1.54, 1.807) is 18.3 Å². The second kappa shape index (κ2) is 5.71. The molecule has 1 N–H and O–H groups in total. The van der Waals surface area contributed by atoms with Gasteiger partial charge in [0.25, 0.3) is 5.91 Å². The fourth-order valence-electron chi connectivity index (χ4n) is 1.76. The van der Waals surface area contributed by atoms with Gasteiger partial charge in [-0.3, -0.25) is 9.78 Å². The molecule has 102 valence electrons. The van der Waals surface area contributed by atoms with Gasteiger partial charge in [-0.15, -0.1) is 0 Å². The Morgan fingerprint density at radius 2 is 2.05 bits per heavy atom. The maximum atomic E-state index is 12.3. The fraction of sp³-hybridized carbons (Fsp3) is 0.0714. The minimum atomic E-state index is -1.15. The predicted molar refractivity (Wildman–Crippen MR) is 75.4 cm³/mol. The Hall–Kier alpha value is -2.40. The Balaban J connectivity index is 2.41. The lowest BCUT2D eigenvalue weighted by Gasteiger charge is -2.19. The summed E-state index contributed by atoms with van der Waals surface area (Å²) in [5.74, 6) is -1.49. The molecule has 0 spiro atoms. The number of carboxylic acids is 1. The minimum absolute atomic E-state index is 0.0303. The number of aromatic nitrogens is 1. The Kier molecular flexibility index (Phi) is 4.00. The van der Waals surface area contributed by atoms with Gasteiger partial charge in [-0.2, -0.15) is 0 Å². The smallest absolute Gasteiger partial charge is 0.337 e. The number of carbonyl (C=O) groups excluding carboxylic acids is 1. The minimum Gasteiger partial charge on any atom is -0.478 e. The summed E-state index contributed by atoms with van der Waals surface area (Å²) in [5.41, 5.74) is 0.620. The van der Waals surface area contributed by atoms with Gasteiger partial charge in [0, 0.05) is 24.5 Å². The highest BCUT2D eigenvalue weighted by molar-refractivity contribution is 6.31. The van der Waals surface area contributed by atoms with E-state index >= 15 is 0 Å². The van der Waals surface area contributed by atoms with Gasteiger partial charge in [-0.25, -0.2) is 4.79 Å². The number of rotatable bonds is 3. The van der Waals surface area contributed by atoms with Gasteiger partial charge in [-0.1, -0.05) is 11.6 Å². The van der Waals surface area contributed by atoms with Gasteiger partial charge in [0.15, 0.2) is 0 Å². The molecule has 5 nitrogen and oxygen atoms in total. The maximum absolute atomic E-state index is 12.3. The summed E-state index contributed by atoms with van der Waals surface area (Å²) in [6.45, 7) is 0. The van der Waals surface area contributed by atoms with Crippen molar-refractivity contribution in [3.8, 4) is 0 Å². The molecule has 1 aromatic carbocycles. The Bertz CT molecular complexity index is 659. The lowest BCUT2D eigenvalue weighted by atomic mass is 10.1. The summed E-state index contributed by atoms with van der Waals surface area (Å²) >= 11 is 5.79. The number of pyridine rings is 1. The highest BCUT2D eigenvalue weighted by Crippen LogP contribution is 2.24. The van der Waals surface area contributed by atoms with Gasteiger partial charge >= 0.3 is 5.97 Å². The first kappa shape index (κ1) is 14.0. The second-order valence-electron chi connectivity index (χ2n) is 4.07. The van der Waals surface area contributed by atoms with Gasteiger partial charge in [-0.05, 0) is 30.3 Å². The van der Waals surface area contributed by atoms with Crippen LogP contribution in [0, 0.1) is 0 Å². The Labute approximate surface area is 120 Å². The highest BCUT2D eigenvalue weighted by atomic mass is 35.5. The summed E-state index contributed by atoms with van der Waals surface area (Å²) in [6.07, 6.45) is 2.98. The van der Waals surface area contributed by atoms with E-state index in [1.165, 1.54) is 36.3 Å². The zero-order valence-electron chi connectivity index (χ0n) is 10.6. The summed E-state index contributed by atoms with van der Waals surface area (Å²) in [7, 11) is 1.50. The monoisotopic (exact) mass is 290 g/mol. The van der Waals surface area contributed by atoms with E-state index in [4.69, 9.17) is 11.6 Å². The van der Waals surface area contributed by atoms with Crippen LogP contribution in [0.1, 0.15) is 20.7 Å². The average molecular weight is 291 g/mol. The van der Waals surface area contributed by atoms with Crippen molar-refractivity contribution >= 4 is 29.2 Å². The third-order valence-corrected chi connectivity index (χ3v) is 3.00. The van der Waals surface area contributed by atoms with Crippen molar-refractivity contribution in [1.29, 1.82) is 0 Å². The first-order chi connectivity index (χ1) is 9.50. The zero-order valence-corrected chi connectivity index (χ0v) is 11.3. The van der Waals surface area contributed by atoms with Crippen LogP contribution in [0.2, 0.25) is 5.02 Å². The molecule has 2 aromatic rings. The number of amides is 1. The molecule has 0 bridgehead atoms. The SMILES string of the molecule is CN(C(=O)c1cccnc1)c1ccc(Cl)cc1C(=O)O. The van der Waals surface area contributed by atoms with E-state index in [0.29, 0.717) is 10.6 Å². The molecule has 0 saturated carbocycles. The van der Waals surface area contributed by atoms with Crippen LogP contribution in [-0.2, 0) is 0 Å². The molecule has 20 heavy (non-hydrogen) atoms. The van der Waals surface area contributed by atoms with E-state index in [0.717, 1.165) is 0 Å². The molecule has 0 radical (unpaired) electrons. The van der Waals surface area contributed by atoms with Crippen molar-refractivity contribution in [2.75, 3.05) is 11.9 Å². The van der Waals surface area contributed by atoms with Crippen molar-refractivity contribution in [2.24, 2.45) is 0 Å². The molecular formula is C14H11ClN2O3. The van der Waals surface area contributed by atoms with E-state index in [9.17, 15) is 14.7 Å². The standard InChI is InChI=1S/C14H11ClN2O3/c1-17(13(18)9-3-2-6-16-8-9)12-5-4-10(15)7-11(12)14(19)20/h2-8H,1H3,(H,19,20). The fourth-order valence-corrected chi connectivity index (χ4v) is 1.94. The van der Waals surface area contributed by atoms with Crippen LogP contribution in [0.25, 0.3) is 0 Å². The molecule has 0 atom stereocenters. The molecule has 0 saturated heterocycles. The lowest BCUT2D eigenvalue weighted by Crippen LogP contribution is -2.28. The molecule has 0 fully saturated rings. The lowest BCUT2D eigenvalue weighted by molar-refractivity contribution is 0.0697. The van der Waals surface area contributed by atoms with E-state index in [2.05, 4.69) is 4.98 Å². The van der Waals surface area contributed by atoms with E-state index in [1.807, 2.05) is 0 Å². The summed E-state index contributed by atoms with van der Waals surface area (Å²) < 4.78 is 0.